The molecule has 1 aliphatic heterocycles. The van der Waals surface area contributed by atoms with E-state index in [0.717, 1.165) is 13.5 Å². The van der Waals surface area contributed by atoms with Crippen LogP contribution in [0.1, 0.15) is 12.8 Å². The number of carbonyl (C=O) groups is 2. The Bertz CT molecular complexity index is 278. The molecule has 0 aliphatic carbocycles. The van der Waals surface area contributed by atoms with Gasteiger partial charge in [-0.05, 0) is 0 Å². The number of carbonyl (C=O) groups excluding carboxylic acids is 1. The summed E-state index contributed by atoms with van der Waals surface area (Å²) in [4.78, 5) is 21.4. The molecule has 0 radical (unpaired) electrons. The van der Waals surface area contributed by atoms with Crippen molar-refractivity contribution >= 4 is 28.1 Å². The van der Waals surface area contributed by atoms with Gasteiger partial charge in [0, 0.05) is 19.1 Å². The Kier molecular flexibility index (Phi) is 6.48. The minimum atomic E-state index is -0.999. The van der Waals surface area contributed by atoms with Gasteiger partial charge in [-0.15, -0.1) is 0 Å². The number of rotatable bonds is 6. The second kappa shape index (κ2) is 7.64. The molecule has 0 spiro atoms. The fourth-order valence-corrected chi connectivity index (χ4v) is 1.76. The Labute approximate surface area is 103 Å². The van der Waals surface area contributed by atoms with Crippen molar-refractivity contribution in [3.8, 4) is 0 Å². The van der Waals surface area contributed by atoms with Gasteiger partial charge in [-0.1, -0.05) is 0 Å². The van der Waals surface area contributed by atoms with Crippen LogP contribution >= 0.6 is 9.12 Å². The minimum Gasteiger partial charge on any atom is -0.481 e. The summed E-state index contributed by atoms with van der Waals surface area (Å²) in [7, 11) is 2.61. The molecule has 1 aliphatic rings. The topological polar surface area (TPSA) is 84.9 Å². The smallest absolute Gasteiger partial charge is 0.306 e. The summed E-state index contributed by atoms with van der Waals surface area (Å²) < 4.78 is 10.6. The largest absolute Gasteiger partial charge is 0.481 e. The van der Waals surface area contributed by atoms with E-state index < -0.39 is 11.9 Å². The second-order valence-corrected chi connectivity index (χ2v) is 4.32. The van der Waals surface area contributed by atoms with Crippen molar-refractivity contribution in [2.75, 3.05) is 19.7 Å². The molecular weight excluding hydrogens is 244 g/mol. The van der Waals surface area contributed by atoms with Crippen LogP contribution in [0.5, 0.6) is 0 Å². The molecule has 8 heteroatoms. The van der Waals surface area contributed by atoms with Crippen LogP contribution in [0.25, 0.3) is 0 Å². The van der Waals surface area contributed by atoms with E-state index in [1.54, 1.807) is 0 Å². The summed E-state index contributed by atoms with van der Waals surface area (Å²) in [6, 6.07) is 0.122. The van der Waals surface area contributed by atoms with Gasteiger partial charge in [-0.2, -0.15) is 9.12 Å². The molecule has 0 saturated carbocycles. The third kappa shape index (κ3) is 6.01. The van der Waals surface area contributed by atoms with Crippen LogP contribution in [0.2, 0.25) is 0 Å². The van der Waals surface area contributed by atoms with Gasteiger partial charge in [0.15, 0.2) is 7.00 Å². The monoisotopic (exact) mass is 261 g/mol. The molecule has 0 aromatic carbocycles. The Morgan fingerprint density at radius 1 is 1.47 bits per heavy atom. The number of aliphatic carboxylic acids is 1. The highest BCUT2D eigenvalue weighted by Gasteiger charge is 2.22. The van der Waals surface area contributed by atoms with Crippen molar-refractivity contribution in [2.45, 2.75) is 24.9 Å². The lowest BCUT2D eigenvalue weighted by Gasteiger charge is -2.29. The minimum absolute atomic E-state index is 0.0947. The molecule has 1 heterocycles. The molecule has 0 aromatic rings. The predicted molar refractivity (Wildman–Crippen MR) is 66.2 cm³/mol. The maximum Gasteiger partial charge on any atom is 0.306 e. The average molecular weight is 261 g/mol. The van der Waals surface area contributed by atoms with Crippen molar-refractivity contribution in [2.24, 2.45) is 0 Å². The molecule has 0 aromatic heterocycles. The van der Waals surface area contributed by atoms with Gasteiger partial charge in [0.2, 0.25) is 0 Å². The molecule has 2 N–H and O–H groups in total. The lowest BCUT2D eigenvalue weighted by molar-refractivity contribution is -0.152. The highest BCUT2D eigenvalue weighted by molar-refractivity contribution is 7.56. The second-order valence-electron chi connectivity index (χ2n) is 3.85. The quantitative estimate of drug-likeness (QED) is 0.360. The fourth-order valence-electron chi connectivity index (χ4n) is 1.48. The van der Waals surface area contributed by atoms with Gasteiger partial charge >= 0.3 is 11.9 Å². The van der Waals surface area contributed by atoms with Gasteiger partial charge in [0.1, 0.15) is 12.7 Å². The van der Waals surface area contributed by atoms with E-state index in [-0.39, 0.29) is 31.6 Å². The summed E-state index contributed by atoms with van der Waals surface area (Å²) in [5.41, 5.74) is 0. The number of carboxylic acid groups (broad SMARTS) is 1. The predicted octanol–water partition coefficient (Wildman–Crippen LogP) is -1.06. The van der Waals surface area contributed by atoms with Crippen LogP contribution in [0.4, 0.5) is 0 Å². The number of hydrogen-bond acceptors (Lipinski definition) is 5. The van der Waals surface area contributed by atoms with E-state index in [4.69, 9.17) is 14.6 Å². The molecule has 0 amide bonds. The Hall–Kier alpha value is -0.645. The first-order valence-electron chi connectivity index (χ1n) is 5.55. The summed E-state index contributed by atoms with van der Waals surface area (Å²) in [5.74, 6) is -1.50. The normalized spacial score (nSPS) is 24.1. The molecule has 3 unspecified atom stereocenters. The first kappa shape index (κ1) is 14.4. The Morgan fingerprint density at radius 2 is 2.24 bits per heavy atom. The molecule has 3 atom stereocenters. The Balaban J connectivity index is 2.16. The highest BCUT2D eigenvalue weighted by Crippen LogP contribution is 2.06. The highest BCUT2D eigenvalue weighted by atomic mass is 31.0. The number of morpholine rings is 1. The van der Waals surface area contributed by atoms with Crippen LogP contribution in [0, 0.1) is 0 Å². The van der Waals surface area contributed by atoms with Crippen LogP contribution < -0.4 is 5.32 Å². The zero-order chi connectivity index (χ0) is 12.7. The number of esters is 1. The maximum atomic E-state index is 11.2. The van der Waals surface area contributed by atoms with E-state index >= 15 is 0 Å². The molecule has 6 nitrogen and oxygen atoms in total. The van der Waals surface area contributed by atoms with E-state index in [2.05, 4.69) is 14.4 Å². The third-order valence-electron chi connectivity index (χ3n) is 2.37. The zero-order valence-electron chi connectivity index (χ0n) is 9.55. The van der Waals surface area contributed by atoms with Crippen molar-refractivity contribution in [1.29, 1.82) is 0 Å². The van der Waals surface area contributed by atoms with Crippen molar-refractivity contribution < 1.29 is 24.2 Å². The summed E-state index contributed by atoms with van der Waals surface area (Å²) in [5, 5.41) is 11.6. The molecular formula is C9H17BNO5P. The fraction of sp³-hybridized carbons (Fsp3) is 0.778. The standard InChI is InChI=1S/C9H17BNO5P/c12-8(13)1-2-9(14)15-5-6-3-11-4-7(10-17)16-6/h6-7,10-11H,1-5,17H2,(H,12,13). The molecule has 1 rings (SSSR count). The van der Waals surface area contributed by atoms with Crippen LogP contribution in [-0.2, 0) is 19.1 Å². The summed E-state index contributed by atoms with van der Waals surface area (Å²) in [6.45, 7) is 2.45. The van der Waals surface area contributed by atoms with Crippen molar-refractivity contribution in [3.63, 3.8) is 0 Å². The van der Waals surface area contributed by atoms with Gasteiger partial charge in [-0.25, -0.2) is 0 Å². The molecule has 0 bridgehead atoms. The molecule has 17 heavy (non-hydrogen) atoms. The van der Waals surface area contributed by atoms with Crippen LogP contribution in [0.3, 0.4) is 0 Å². The number of ether oxygens (including phenoxy) is 2. The van der Waals surface area contributed by atoms with Crippen molar-refractivity contribution in [3.05, 3.63) is 0 Å². The number of nitrogens with one attached hydrogen (secondary N) is 1. The summed E-state index contributed by atoms with van der Waals surface area (Å²) >= 11 is 0. The lowest BCUT2D eigenvalue weighted by Crippen LogP contribution is -2.48. The molecule has 1 fully saturated rings. The Morgan fingerprint density at radius 3 is 2.88 bits per heavy atom. The van der Waals surface area contributed by atoms with Gasteiger partial charge in [0.05, 0.1) is 12.8 Å². The van der Waals surface area contributed by atoms with E-state index in [1.165, 1.54) is 0 Å². The number of hydrogen-bond donors (Lipinski definition) is 2. The SMILES string of the molecule is O=C(O)CCC(=O)OCC1CNCC(BP)O1. The van der Waals surface area contributed by atoms with E-state index in [1.807, 2.05) is 0 Å². The lowest BCUT2D eigenvalue weighted by atomic mass is 9.96. The summed E-state index contributed by atoms with van der Waals surface area (Å²) in [6.07, 6.45) is -0.442. The average Bonchev–Trinajstić information content (AvgIpc) is 2.34. The van der Waals surface area contributed by atoms with Gasteiger partial charge in [-0.3, -0.25) is 9.59 Å². The number of carboxylic acids is 1. The first-order valence-corrected chi connectivity index (χ1v) is 6.37. The first-order chi connectivity index (χ1) is 8.11. The maximum absolute atomic E-state index is 11.2. The molecule has 1 saturated heterocycles. The molecule has 96 valence electrons. The van der Waals surface area contributed by atoms with Gasteiger partial charge < -0.3 is 19.9 Å². The van der Waals surface area contributed by atoms with E-state index in [0.29, 0.717) is 6.54 Å². The zero-order valence-corrected chi connectivity index (χ0v) is 10.7. The third-order valence-corrected chi connectivity index (χ3v) is 2.89. The van der Waals surface area contributed by atoms with Crippen molar-refractivity contribution in [1.82, 2.24) is 5.32 Å². The van der Waals surface area contributed by atoms with E-state index in [9.17, 15) is 9.59 Å². The van der Waals surface area contributed by atoms with Crippen LogP contribution in [-0.4, -0.2) is 55.8 Å². The van der Waals surface area contributed by atoms with Gasteiger partial charge in [0.25, 0.3) is 0 Å². The van der Waals surface area contributed by atoms with Crippen LogP contribution in [0.15, 0.2) is 0 Å².